The molecule has 0 bridgehead atoms. The fraction of sp³-hybridized carbons (Fsp3) is 0.438. The van der Waals surface area contributed by atoms with Gasteiger partial charge in [0.15, 0.2) is 11.6 Å². The molecule has 3 heterocycles. The van der Waals surface area contributed by atoms with Crippen LogP contribution in [0.2, 0.25) is 0 Å². The van der Waals surface area contributed by atoms with Crippen LogP contribution in [0.15, 0.2) is 24.5 Å². The smallest absolute Gasteiger partial charge is 0.231 e. The normalized spacial score (nSPS) is 21.1. The zero-order chi connectivity index (χ0) is 16.4. The van der Waals surface area contributed by atoms with E-state index in [2.05, 4.69) is 15.4 Å². The van der Waals surface area contributed by atoms with Crippen LogP contribution in [0.1, 0.15) is 30.2 Å². The highest BCUT2D eigenvalue weighted by atomic mass is 16.5. The van der Waals surface area contributed by atoms with Gasteiger partial charge in [-0.2, -0.15) is 5.10 Å². The summed E-state index contributed by atoms with van der Waals surface area (Å²) in [6, 6.07) is 3.21. The van der Waals surface area contributed by atoms with E-state index in [9.17, 15) is 9.90 Å². The maximum Gasteiger partial charge on any atom is 0.231 e. The van der Waals surface area contributed by atoms with E-state index >= 15 is 0 Å². The van der Waals surface area contributed by atoms with Crippen molar-refractivity contribution in [1.82, 2.24) is 14.8 Å². The quantitative estimate of drug-likeness (QED) is 0.903. The average Bonchev–Trinajstić information content (AvgIpc) is 2.97. The van der Waals surface area contributed by atoms with Crippen molar-refractivity contribution in [3.63, 3.8) is 0 Å². The molecule has 2 N–H and O–H groups in total. The van der Waals surface area contributed by atoms with Crippen molar-refractivity contribution in [3.8, 4) is 5.75 Å². The Hall–Kier alpha value is -2.41. The molecular weight excluding hydrogens is 296 g/mol. The van der Waals surface area contributed by atoms with E-state index < -0.39 is 0 Å². The lowest BCUT2D eigenvalue weighted by Crippen LogP contribution is -2.33. The molecule has 7 heteroatoms. The number of carbonyl (C=O) groups excluding carboxylic acids is 1. The van der Waals surface area contributed by atoms with Gasteiger partial charge in [0.1, 0.15) is 0 Å². The van der Waals surface area contributed by atoms with Gasteiger partial charge in [0.25, 0.3) is 0 Å². The van der Waals surface area contributed by atoms with Gasteiger partial charge in [-0.1, -0.05) is 0 Å². The number of aromatic hydroxyl groups is 1. The minimum absolute atomic E-state index is 0.0430. The SMILES string of the molecule is Cc1ccc(O)c(NC(=O)[C@@H]2CCCO[C@H]2c2cnn(C)c2)n1. The summed E-state index contributed by atoms with van der Waals surface area (Å²) in [5, 5.41) is 16.7. The zero-order valence-electron chi connectivity index (χ0n) is 13.2. The Balaban J connectivity index is 1.80. The summed E-state index contributed by atoms with van der Waals surface area (Å²) in [4.78, 5) is 16.8. The van der Waals surface area contributed by atoms with Crippen molar-refractivity contribution < 1.29 is 14.6 Å². The Labute approximate surface area is 134 Å². The van der Waals surface area contributed by atoms with Gasteiger partial charge in [-0.15, -0.1) is 0 Å². The van der Waals surface area contributed by atoms with Crippen LogP contribution in [-0.4, -0.2) is 32.4 Å². The van der Waals surface area contributed by atoms with Gasteiger partial charge in [-0.05, 0) is 31.9 Å². The van der Waals surface area contributed by atoms with Gasteiger partial charge in [-0.3, -0.25) is 9.48 Å². The van der Waals surface area contributed by atoms with E-state index in [0.29, 0.717) is 6.61 Å². The number of hydrogen-bond donors (Lipinski definition) is 2. The molecule has 2 aromatic heterocycles. The zero-order valence-corrected chi connectivity index (χ0v) is 13.2. The van der Waals surface area contributed by atoms with E-state index in [4.69, 9.17) is 4.74 Å². The molecule has 0 aliphatic carbocycles. The average molecular weight is 316 g/mol. The number of nitrogens with one attached hydrogen (secondary N) is 1. The molecule has 1 fully saturated rings. The summed E-state index contributed by atoms with van der Waals surface area (Å²) in [6.45, 7) is 2.43. The second-order valence-electron chi connectivity index (χ2n) is 5.80. The first-order valence-corrected chi connectivity index (χ1v) is 7.62. The molecule has 0 aromatic carbocycles. The van der Waals surface area contributed by atoms with Crippen LogP contribution in [0.4, 0.5) is 5.82 Å². The number of hydrogen-bond acceptors (Lipinski definition) is 5. The van der Waals surface area contributed by atoms with Gasteiger partial charge < -0.3 is 15.2 Å². The van der Waals surface area contributed by atoms with Crippen molar-refractivity contribution >= 4 is 11.7 Å². The summed E-state index contributed by atoms with van der Waals surface area (Å²) in [7, 11) is 1.83. The molecule has 2 atom stereocenters. The topological polar surface area (TPSA) is 89.3 Å². The van der Waals surface area contributed by atoms with Crippen LogP contribution in [0.5, 0.6) is 5.75 Å². The Morgan fingerprint density at radius 2 is 2.30 bits per heavy atom. The van der Waals surface area contributed by atoms with E-state index in [1.807, 2.05) is 13.2 Å². The number of anilines is 1. The van der Waals surface area contributed by atoms with Gasteiger partial charge in [-0.25, -0.2) is 4.98 Å². The highest BCUT2D eigenvalue weighted by Crippen LogP contribution is 2.34. The number of nitrogens with zero attached hydrogens (tertiary/aromatic N) is 3. The van der Waals surface area contributed by atoms with Crippen molar-refractivity contribution in [3.05, 3.63) is 35.8 Å². The first kappa shape index (κ1) is 15.5. The van der Waals surface area contributed by atoms with E-state index in [0.717, 1.165) is 24.1 Å². The van der Waals surface area contributed by atoms with Gasteiger partial charge in [0.05, 0.1) is 18.2 Å². The molecular formula is C16H20N4O3. The molecule has 1 aliphatic heterocycles. The van der Waals surface area contributed by atoms with E-state index in [1.165, 1.54) is 6.07 Å². The molecule has 122 valence electrons. The first-order chi connectivity index (χ1) is 11.0. The number of pyridine rings is 1. The third kappa shape index (κ3) is 3.34. The third-order valence-electron chi connectivity index (χ3n) is 3.97. The standard InChI is InChI=1S/C16H20N4O3/c1-10-5-6-13(21)15(18-10)19-16(22)12-4-3-7-23-14(12)11-8-17-20(2)9-11/h5-6,8-9,12,14,21H,3-4,7H2,1-2H3,(H,18,19,22)/t12-,14+/m1/s1. The van der Waals surface area contributed by atoms with Crippen LogP contribution in [-0.2, 0) is 16.6 Å². The monoisotopic (exact) mass is 316 g/mol. The van der Waals surface area contributed by atoms with E-state index in [-0.39, 0.29) is 29.5 Å². The molecule has 0 unspecified atom stereocenters. The molecule has 3 rings (SSSR count). The minimum Gasteiger partial charge on any atom is -0.504 e. The van der Waals surface area contributed by atoms with Crippen molar-refractivity contribution in [2.24, 2.45) is 13.0 Å². The Bertz CT molecular complexity index is 713. The summed E-state index contributed by atoms with van der Waals surface area (Å²) < 4.78 is 7.50. The summed E-state index contributed by atoms with van der Waals surface area (Å²) in [5.74, 6) is -0.397. The second kappa shape index (κ2) is 6.37. The fourth-order valence-corrected chi connectivity index (χ4v) is 2.82. The highest BCUT2D eigenvalue weighted by molar-refractivity contribution is 5.93. The Morgan fingerprint density at radius 1 is 1.48 bits per heavy atom. The van der Waals surface area contributed by atoms with Crippen LogP contribution >= 0.6 is 0 Å². The lowest BCUT2D eigenvalue weighted by atomic mass is 9.90. The molecule has 1 amide bonds. The number of rotatable bonds is 3. The van der Waals surface area contributed by atoms with Crippen LogP contribution in [0.25, 0.3) is 0 Å². The van der Waals surface area contributed by atoms with Gasteiger partial charge in [0.2, 0.25) is 5.91 Å². The molecule has 1 saturated heterocycles. The van der Waals surface area contributed by atoms with Gasteiger partial charge in [0, 0.05) is 31.1 Å². The molecule has 2 aromatic rings. The molecule has 23 heavy (non-hydrogen) atoms. The Kier molecular flexibility index (Phi) is 4.29. The number of carbonyl (C=O) groups is 1. The number of ether oxygens (including phenoxy) is 1. The van der Waals surface area contributed by atoms with Crippen molar-refractivity contribution in [2.75, 3.05) is 11.9 Å². The maximum absolute atomic E-state index is 12.7. The lowest BCUT2D eigenvalue weighted by molar-refractivity contribution is -0.129. The predicted molar refractivity (Wildman–Crippen MR) is 83.9 cm³/mol. The molecule has 0 spiro atoms. The van der Waals surface area contributed by atoms with Crippen LogP contribution in [0.3, 0.4) is 0 Å². The van der Waals surface area contributed by atoms with Crippen molar-refractivity contribution in [2.45, 2.75) is 25.9 Å². The van der Waals surface area contributed by atoms with Crippen molar-refractivity contribution in [1.29, 1.82) is 0 Å². The number of aryl methyl sites for hydroxylation is 2. The van der Waals surface area contributed by atoms with Crippen LogP contribution in [0, 0.1) is 12.8 Å². The minimum atomic E-state index is -0.338. The van der Waals surface area contributed by atoms with Gasteiger partial charge >= 0.3 is 0 Å². The molecule has 0 radical (unpaired) electrons. The predicted octanol–water partition coefficient (Wildman–Crippen LogP) is 1.94. The second-order valence-corrected chi connectivity index (χ2v) is 5.80. The molecule has 1 aliphatic rings. The first-order valence-electron chi connectivity index (χ1n) is 7.62. The third-order valence-corrected chi connectivity index (χ3v) is 3.97. The number of aromatic nitrogens is 3. The molecule has 0 saturated carbocycles. The Morgan fingerprint density at radius 3 is 3.04 bits per heavy atom. The summed E-state index contributed by atoms with van der Waals surface area (Å²) in [6.07, 6.45) is 4.79. The summed E-state index contributed by atoms with van der Waals surface area (Å²) >= 11 is 0. The highest BCUT2D eigenvalue weighted by Gasteiger charge is 2.34. The lowest BCUT2D eigenvalue weighted by Gasteiger charge is -2.30. The largest absolute Gasteiger partial charge is 0.504 e. The van der Waals surface area contributed by atoms with Crippen LogP contribution < -0.4 is 5.32 Å². The summed E-state index contributed by atoms with van der Waals surface area (Å²) in [5.41, 5.74) is 1.61. The number of amides is 1. The molecule has 7 nitrogen and oxygen atoms in total. The van der Waals surface area contributed by atoms with E-state index in [1.54, 1.807) is 23.9 Å². The maximum atomic E-state index is 12.7. The fourth-order valence-electron chi connectivity index (χ4n) is 2.82.